The Labute approximate surface area is 167 Å². The summed E-state index contributed by atoms with van der Waals surface area (Å²) in [5.41, 5.74) is 5.82. The molecule has 0 spiro atoms. The van der Waals surface area contributed by atoms with E-state index < -0.39 is 0 Å². The second-order valence-electron chi connectivity index (χ2n) is 5.82. The highest BCUT2D eigenvalue weighted by Crippen LogP contribution is 2.13. The van der Waals surface area contributed by atoms with E-state index in [9.17, 15) is 9.59 Å². The van der Waals surface area contributed by atoms with Gasteiger partial charge in [0.25, 0.3) is 11.8 Å². The van der Waals surface area contributed by atoms with E-state index in [2.05, 4.69) is 40.4 Å². The van der Waals surface area contributed by atoms with Crippen molar-refractivity contribution in [2.75, 3.05) is 6.61 Å². The topological polar surface area (TPSA) is 67.4 Å². The summed E-state index contributed by atoms with van der Waals surface area (Å²) >= 11 is 2.08. The number of nitrogens with one attached hydrogen (secondary N) is 2. The summed E-state index contributed by atoms with van der Waals surface area (Å²) in [5, 5.41) is 0. The zero-order valence-corrected chi connectivity index (χ0v) is 16.9. The maximum atomic E-state index is 12.1. The molecule has 138 valence electrons. The van der Waals surface area contributed by atoms with Gasteiger partial charge in [0, 0.05) is 9.13 Å². The third-order valence-electron chi connectivity index (χ3n) is 3.79. The van der Waals surface area contributed by atoms with Crippen molar-refractivity contribution in [3.63, 3.8) is 0 Å². The van der Waals surface area contributed by atoms with Crippen molar-refractivity contribution in [1.82, 2.24) is 10.9 Å². The molecule has 0 aliphatic carbocycles. The summed E-state index contributed by atoms with van der Waals surface area (Å²) in [6.45, 7) is 2.85. The van der Waals surface area contributed by atoms with Gasteiger partial charge in [-0.05, 0) is 65.4 Å². The maximum absolute atomic E-state index is 12.1. The van der Waals surface area contributed by atoms with Crippen molar-refractivity contribution in [2.45, 2.75) is 32.6 Å². The molecule has 0 saturated carbocycles. The van der Waals surface area contributed by atoms with E-state index in [0.717, 1.165) is 22.2 Å². The number of halogens is 1. The summed E-state index contributed by atoms with van der Waals surface area (Å²) < 4.78 is 6.47. The molecule has 0 aromatic heterocycles. The number of amides is 2. The molecule has 6 heteroatoms. The molecule has 2 amide bonds. The van der Waals surface area contributed by atoms with Crippen LogP contribution in [0.1, 0.15) is 53.3 Å². The van der Waals surface area contributed by atoms with Crippen LogP contribution in [0.4, 0.5) is 0 Å². The monoisotopic (exact) mass is 466 g/mol. The Kier molecular flexibility index (Phi) is 8.40. The molecular formula is C20H23IN2O3. The van der Waals surface area contributed by atoms with Crippen LogP contribution >= 0.6 is 22.6 Å². The van der Waals surface area contributed by atoms with Crippen LogP contribution in [0.5, 0.6) is 5.75 Å². The fourth-order valence-corrected chi connectivity index (χ4v) is 2.95. The van der Waals surface area contributed by atoms with Gasteiger partial charge in [-0.3, -0.25) is 20.4 Å². The summed E-state index contributed by atoms with van der Waals surface area (Å²) in [6.07, 6.45) is 4.61. The van der Waals surface area contributed by atoms with E-state index in [4.69, 9.17) is 4.74 Å². The Morgan fingerprint density at radius 3 is 2.31 bits per heavy atom. The zero-order valence-electron chi connectivity index (χ0n) is 14.8. The van der Waals surface area contributed by atoms with E-state index in [1.54, 1.807) is 36.4 Å². The molecule has 0 heterocycles. The van der Waals surface area contributed by atoms with E-state index in [-0.39, 0.29) is 11.8 Å². The lowest BCUT2D eigenvalue weighted by molar-refractivity contribution is 0.0846. The van der Waals surface area contributed by atoms with Gasteiger partial charge in [0.1, 0.15) is 5.75 Å². The number of rotatable bonds is 8. The van der Waals surface area contributed by atoms with Crippen LogP contribution in [0.15, 0.2) is 48.5 Å². The minimum atomic E-state index is -0.376. The van der Waals surface area contributed by atoms with Crippen molar-refractivity contribution in [2.24, 2.45) is 0 Å². The van der Waals surface area contributed by atoms with Gasteiger partial charge in [-0.25, -0.2) is 0 Å². The predicted octanol–water partition coefficient (Wildman–Crippen LogP) is 4.33. The molecule has 5 nitrogen and oxygen atoms in total. The van der Waals surface area contributed by atoms with Crippen LogP contribution in [-0.2, 0) is 0 Å². The van der Waals surface area contributed by atoms with Crippen LogP contribution in [0.3, 0.4) is 0 Å². The van der Waals surface area contributed by atoms with E-state index >= 15 is 0 Å². The number of benzene rings is 2. The highest BCUT2D eigenvalue weighted by molar-refractivity contribution is 14.1. The molecule has 0 radical (unpaired) electrons. The van der Waals surface area contributed by atoms with Gasteiger partial charge in [0.05, 0.1) is 12.2 Å². The number of hydrogen-bond donors (Lipinski definition) is 2. The van der Waals surface area contributed by atoms with E-state index in [1.165, 1.54) is 12.8 Å². The molecular weight excluding hydrogens is 443 g/mol. The Morgan fingerprint density at radius 1 is 0.923 bits per heavy atom. The van der Waals surface area contributed by atoms with Crippen LogP contribution in [0, 0.1) is 3.57 Å². The zero-order chi connectivity index (χ0) is 18.8. The molecule has 0 aliphatic heterocycles. The Bertz CT molecular complexity index is 732. The number of carbonyl (C=O) groups excluding carboxylic acids is 2. The fourth-order valence-electron chi connectivity index (χ4n) is 2.32. The molecule has 0 saturated heterocycles. The molecule has 2 rings (SSSR count). The van der Waals surface area contributed by atoms with Crippen molar-refractivity contribution in [3.05, 3.63) is 63.2 Å². The van der Waals surface area contributed by atoms with Gasteiger partial charge >= 0.3 is 0 Å². The van der Waals surface area contributed by atoms with Crippen molar-refractivity contribution in [1.29, 1.82) is 0 Å². The van der Waals surface area contributed by atoms with Crippen LogP contribution in [0.2, 0.25) is 0 Å². The lowest BCUT2D eigenvalue weighted by Crippen LogP contribution is -2.41. The quantitative estimate of drug-likeness (QED) is 0.346. The second-order valence-corrected chi connectivity index (χ2v) is 6.98. The van der Waals surface area contributed by atoms with Gasteiger partial charge in [-0.15, -0.1) is 0 Å². The Balaban J connectivity index is 1.80. The number of hydrogen-bond acceptors (Lipinski definition) is 3. The van der Waals surface area contributed by atoms with Gasteiger partial charge in [0.2, 0.25) is 0 Å². The average molecular weight is 466 g/mol. The second kappa shape index (κ2) is 10.8. The molecule has 0 fully saturated rings. The largest absolute Gasteiger partial charge is 0.494 e. The lowest BCUT2D eigenvalue weighted by Gasteiger charge is -2.09. The first kappa shape index (κ1) is 20.2. The lowest BCUT2D eigenvalue weighted by atomic mass is 10.2. The summed E-state index contributed by atoms with van der Waals surface area (Å²) in [5.74, 6) is 0.00934. The first-order valence-corrected chi connectivity index (χ1v) is 9.77. The van der Waals surface area contributed by atoms with Crippen LogP contribution < -0.4 is 15.6 Å². The van der Waals surface area contributed by atoms with Gasteiger partial charge in [-0.2, -0.15) is 0 Å². The van der Waals surface area contributed by atoms with Crippen molar-refractivity contribution < 1.29 is 14.3 Å². The third kappa shape index (κ3) is 6.33. The number of hydrazine groups is 1. The number of unbranched alkanes of at least 4 members (excludes halogenated alkanes) is 3. The smallest absolute Gasteiger partial charge is 0.270 e. The third-order valence-corrected chi connectivity index (χ3v) is 4.73. The Morgan fingerprint density at radius 2 is 1.62 bits per heavy atom. The SMILES string of the molecule is CCCCCCOc1ccc(C(=O)NNC(=O)c2ccccc2I)cc1. The van der Waals surface area contributed by atoms with Crippen molar-refractivity contribution >= 4 is 34.4 Å². The summed E-state index contributed by atoms with van der Waals surface area (Å²) in [6, 6.07) is 14.0. The van der Waals surface area contributed by atoms with Gasteiger partial charge in [-0.1, -0.05) is 38.3 Å². The summed E-state index contributed by atoms with van der Waals surface area (Å²) in [4.78, 5) is 24.2. The molecule has 0 aliphatic rings. The van der Waals surface area contributed by atoms with Crippen LogP contribution in [-0.4, -0.2) is 18.4 Å². The highest BCUT2D eigenvalue weighted by Gasteiger charge is 2.11. The van der Waals surface area contributed by atoms with Crippen LogP contribution in [0.25, 0.3) is 0 Å². The summed E-state index contributed by atoms with van der Waals surface area (Å²) in [7, 11) is 0. The number of carbonyl (C=O) groups is 2. The maximum Gasteiger partial charge on any atom is 0.270 e. The normalized spacial score (nSPS) is 10.2. The van der Waals surface area contributed by atoms with Gasteiger partial charge < -0.3 is 4.74 Å². The minimum absolute atomic E-state index is 0.351. The minimum Gasteiger partial charge on any atom is -0.494 e. The highest BCUT2D eigenvalue weighted by atomic mass is 127. The molecule has 26 heavy (non-hydrogen) atoms. The number of ether oxygens (including phenoxy) is 1. The molecule has 2 N–H and O–H groups in total. The van der Waals surface area contributed by atoms with E-state index in [0.29, 0.717) is 17.7 Å². The fraction of sp³-hybridized carbons (Fsp3) is 0.300. The average Bonchev–Trinajstić information content (AvgIpc) is 2.66. The molecule has 0 bridgehead atoms. The van der Waals surface area contributed by atoms with Crippen molar-refractivity contribution in [3.8, 4) is 5.75 Å². The molecule has 2 aromatic carbocycles. The van der Waals surface area contributed by atoms with Gasteiger partial charge in [0.15, 0.2) is 0 Å². The Hall–Kier alpha value is -2.09. The van der Waals surface area contributed by atoms with E-state index in [1.807, 2.05) is 12.1 Å². The first-order chi connectivity index (χ1) is 12.6. The first-order valence-electron chi connectivity index (χ1n) is 8.70. The standard InChI is InChI=1S/C20H23IN2O3/c1-2-3-4-7-14-26-16-12-10-15(11-13-16)19(24)22-23-20(25)17-8-5-6-9-18(17)21/h5-6,8-13H,2-4,7,14H2,1H3,(H,22,24)(H,23,25). The molecule has 0 unspecified atom stereocenters. The predicted molar refractivity (Wildman–Crippen MR) is 110 cm³/mol. The molecule has 2 aromatic rings. The molecule has 0 atom stereocenters.